The van der Waals surface area contributed by atoms with Gasteiger partial charge in [-0.3, -0.25) is 0 Å². The number of hydrogen-bond acceptors (Lipinski definition) is 2. The second-order valence-corrected chi connectivity index (χ2v) is 4.40. The molecule has 0 aliphatic carbocycles. The molecule has 1 atom stereocenters. The van der Waals surface area contributed by atoms with Gasteiger partial charge in [0.05, 0.1) is 7.11 Å². The molecule has 15 heavy (non-hydrogen) atoms. The van der Waals surface area contributed by atoms with Crippen molar-refractivity contribution >= 4 is 15.9 Å². The Morgan fingerprint density at radius 3 is 2.73 bits per heavy atom. The third-order valence-electron chi connectivity index (χ3n) is 2.37. The highest BCUT2D eigenvalue weighted by Gasteiger charge is 2.16. The molecule has 1 aromatic rings. The standard InChI is InChI=1S/C11H15BrFNO/c1-7(3-4-14)11-9(13)5-8(12)6-10(11)15-2/h5-7H,3-4,14H2,1-2H3. The monoisotopic (exact) mass is 275 g/mol. The molecular formula is C11H15BrFNO. The van der Waals surface area contributed by atoms with Gasteiger partial charge < -0.3 is 10.5 Å². The molecule has 0 spiro atoms. The lowest BCUT2D eigenvalue weighted by Crippen LogP contribution is -2.07. The van der Waals surface area contributed by atoms with E-state index < -0.39 is 0 Å². The summed E-state index contributed by atoms with van der Waals surface area (Å²) >= 11 is 3.23. The quantitative estimate of drug-likeness (QED) is 0.917. The fourth-order valence-electron chi connectivity index (χ4n) is 1.60. The third kappa shape index (κ3) is 2.92. The van der Waals surface area contributed by atoms with Crippen molar-refractivity contribution in [3.63, 3.8) is 0 Å². The summed E-state index contributed by atoms with van der Waals surface area (Å²) in [7, 11) is 1.54. The van der Waals surface area contributed by atoms with E-state index in [0.717, 1.165) is 6.42 Å². The summed E-state index contributed by atoms with van der Waals surface area (Å²) in [5, 5.41) is 0. The van der Waals surface area contributed by atoms with E-state index in [4.69, 9.17) is 10.5 Å². The Labute approximate surface area is 97.7 Å². The predicted octanol–water partition coefficient (Wildman–Crippen LogP) is 3.05. The van der Waals surface area contributed by atoms with E-state index in [1.54, 1.807) is 13.2 Å². The molecule has 0 bridgehead atoms. The second-order valence-electron chi connectivity index (χ2n) is 3.48. The van der Waals surface area contributed by atoms with Crippen LogP contribution in [-0.2, 0) is 0 Å². The lowest BCUT2D eigenvalue weighted by molar-refractivity contribution is 0.398. The first-order chi connectivity index (χ1) is 7.10. The number of hydrogen-bond donors (Lipinski definition) is 1. The zero-order valence-corrected chi connectivity index (χ0v) is 10.5. The Morgan fingerprint density at radius 1 is 1.53 bits per heavy atom. The highest BCUT2D eigenvalue weighted by molar-refractivity contribution is 9.10. The molecule has 0 fully saturated rings. The fourth-order valence-corrected chi connectivity index (χ4v) is 2.01. The number of ether oxygens (including phenoxy) is 1. The van der Waals surface area contributed by atoms with Crippen LogP contribution in [0.25, 0.3) is 0 Å². The van der Waals surface area contributed by atoms with Gasteiger partial charge in [-0.1, -0.05) is 22.9 Å². The summed E-state index contributed by atoms with van der Waals surface area (Å²) in [5.74, 6) is 0.392. The topological polar surface area (TPSA) is 35.2 Å². The first-order valence-corrected chi connectivity index (χ1v) is 5.62. The van der Waals surface area contributed by atoms with Crippen molar-refractivity contribution in [3.8, 4) is 5.75 Å². The van der Waals surface area contributed by atoms with Crippen molar-refractivity contribution in [2.45, 2.75) is 19.3 Å². The Bertz CT molecular complexity index is 344. The number of rotatable bonds is 4. The summed E-state index contributed by atoms with van der Waals surface area (Å²) in [5.41, 5.74) is 6.07. The van der Waals surface area contributed by atoms with Crippen molar-refractivity contribution in [1.82, 2.24) is 0 Å². The average molecular weight is 276 g/mol. The summed E-state index contributed by atoms with van der Waals surface area (Å²) in [6.07, 6.45) is 0.745. The molecule has 1 rings (SSSR count). The number of halogens is 2. The molecule has 4 heteroatoms. The van der Waals surface area contributed by atoms with Crippen molar-refractivity contribution in [2.75, 3.05) is 13.7 Å². The van der Waals surface area contributed by atoms with E-state index in [1.807, 2.05) is 6.92 Å². The van der Waals surface area contributed by atoms with E-state index in [2.05, 4.69) is 15.9 Å². The molecule has 1 aromatic carbocycles. The van der Waals surface area contributed by atoms with Gasteiger partial charge in [0.15, 0.2) is 0 Å². The SMILES string of the molecule is COc1cc(Br)cc(F)c1C(C)CCN. The highest BCUT2D eigenvalue weighted by Crippen LogP contribution is 2.33. The Kier molecular flexibility index (Phi) is 4.54. The minimum absolute atomic E-state index is 0.0676. The van der Waals surface area contributed by atoms with E-state index >= 15 is 0 Å². The Balaban J connectivity index is 3.14. The number of benzene rings is 1. The van der Waals surface area contributed by atoms with Gasteiger partial charge in [-0.25, -0.2) is 4.39 Å². The smallest absolute Gasteiger partial charge is 0.131 e. The molecule has 0 amide bonds. The molecule has 0 aliphatic heterocycles. The van der Waals surface area contributed by atoms with Crippen LogP contribution in [0.3, 0.4) is 0 Å². The molecule has 0 heterocycles. The highest BCUT2D eigenvalue weighted by atomic mass is 79.9. The molecule has 84 valence electrons. The first kappa shape index (κ1) is 12.5. The molecule has 0 aromatic heterocycles. The van der Waals surface area contributed by atoms with Crippen LogP contribution < -0.4 is 10.5 Å². The average Bonchev–Trinajstić information content (AvgIpc) is 2.16. The van der Waals surface area contributed by atoms with Crippen molar-refractivity contribution in [3.05, 3.63) is 28.0 Å². The molecule has 1 unspecified atom stereocenters. The van der Waals surface area contributed by atoms with E-state index in [0.29, 0.717) is 22.3 Å². The minimum Gasteiger partial charge on any atom is -0.496 e. The van der Waals surface area contributed by atoms with Crippen LogP contribution in [0.15, 0.2) is 16.6 Å². The van der Waals surface area contributed by atoms with Crippen LogP contribution in [0.5, 0.6) is 5.75 Å². The molecule has 0 saturated carbocycles. The molecular weight excluding hydrogens is 261 g/mol. The summed E-state index contributed by atoms with van der Waals surface area (Å²) < 4.78 is 19.6. The lowest BCUT2D eigenvalue weighted by Gasteiger charge is -2.16. The van der Waals surface area contributed by atoms with Crippen LogP contribution >= 0.6 is 15.9 Å². The molecule has 0 radical (unpaired) electrons. The summed E-state index contributed by atoms with van der Waals surface area (Å²) in [6, 6.07) is 3.22. The third-order valence-corrected chi connectivity index (χ3v) is 2.83. The van der Waals surface area contributed by atoms with Crippen molar-refractivity contribution < 1.29 is 9.13 Å². The van der Waals surface area contributed by atoms with E-state index in [9.17, 15) is 4.39 Å². The predicted molar refractivity (Wildman–Crippen MR) is 62.7 cm³/mol. The van der Waals surface area contributed by atoms with Gasteiger partial charge in [-0.2, -0.15) is 0 Å². The zero-order chi connectivity index (χ0) is 11.4. The molecule has 2 N–H and O–H groups in total. The van der Waals surface area contributed by atoms with Gasteiger partial charge in [0.2, 0.25) is 0 Å². The lowest BCUT2D eigenvalue weighted by atomic mass is 9.96. The maximum absolute atomic E-state index is 13.7. The minimum atomic E-state index is -0.248. The number of methoxy groups -OCH3 is 1. The van der Waals surface area contributed by atoms with Crippen LogP contribution in [0.2, 0.25) is 0 Å². The van der Waals surface area contributed by atoms with Crippen LogP contribution in [-0.4, -0.2) is 13.7 Å². The van der Waals surface area contributed by atoms with E-state index in [1.165, 1.54) is 6.07 Å². The maximum Gasteiger partial charge on any atom is 0.131 e. The van der Waals surface area contributed by atoms with Crippen molar-refractivity contribution in [1.29, 1.82) is 0 Å². The largest absolute Gasteiger partial charge is 0.496 e. The normalized spacial score (nSPS) is 12.6. The van der Waals surface area contributed by atoms with Crippen molar-refractivity contribution in [2.24, 2.45) is 5.73 Å². The first-order valence-electron chi connectivity index (χ1n) is 4.83. The zero-order valence-electron chi connectivity index (χ0n) is 8.89. The Hall–Kier alpha value is -0.610. The van der Waals surface area contributed by atoms with Gasteiger partial charge in [0.25, 0.3) is 0 Å². The van der Waals surface area contributed by atoms with Crippen LogP contribution in [0, 0.1) is 5.82 Å². The van der Waals surface area contributed by atoms with Gasteiger partial charge in [0, 0.05) is 10.0 Å². The molecule has 0 saturated heterocycles. The molecule has 0 aliphatic rings. The number of nitrogens with two attached hydrogens (primary N) is 1. The maximum atomic E-state index is 13.7. The summed E-state index contributed by atoms with van der Waals surface area (Å²) in [4.78, 5) is 0. The van der Waals surface area contributed by atoms with Crippen LogP contribution in [0.1, 0.15) is 24.8 Å². The summed E-state index contributed by atoms with van der Waals surface area (Å²) in [6.45, 7) is 2.49. The van der Waals surface area contributed by atoms with Crippen LogP contribution in [0.4, 0.5) is 4.39 Å². The second kappa shape index (κ2) is 5.47. The van der Waals surface area contributed by atoms with Gasteiger partial charge in [0.1, 0.15) is 11.6 Å². The van der Waals surface area contributed by atoms with Gasteiger partial charge in [-0.05, 0) is 31.0 Å². The van der Waals surface area contributed by atoms with Gasteiger partial charge >= 0.3 is 0 Å². The van der Waals surface area contributed by atoms with Gasteiger partial charge in [-0.15, -0.1) is 0 Å². The van der Waals surface area contributed by atoms with E-state index in [-0.39, 0.29) is 11.7 Å². The fraction of sp³-hybridized carbons (Fsp3) is 0.455. The molecule has 2 nitrogen and oxygen atoms in total. The Morgan fingerprint density at radius 2 is 2.20 bits per heavy atom.